The molecule has 4 rings (SSSR count). The zero-order valence-corrected chi connectivity index (χ0v) is 17.2. The molecule has 0 aliphatic carbocycles. The van der Waals surface area contributed by atoms with Gasteiger partial charge < -0.3 is 9.88 Å². The number of nitrogens with one attached hydrogen (secondary N) is 1. The number of hydrogen-bond acceptors (Lipinski definition) is 4. The minimum atomic E-state index is 0.0933. The summed E-state index contributed by atoms with van der Waals surface area (Å²) in [6.07, 6.45) is 1.73. The minimum Gasteiger partial charge on any atom is -0.314 e. The Kier molecular flexibility index (Phi) is 5.27. The lowest BCUT2D eigenvalue weighted by molar-refractivity contribution is 0.0922. The van der Waals surface area contributed by atoms with E-state index in [4.69, 9.17) is 6.57 Å². The topological polar surface area (TPSA) is 54.5 Å². The van der Waals surface area contributed by atoms with Crippen molar-refractivity contribution >= 4 is 38.4 Å². The Bertz CT molecular complexity index is 1070. The fourth-order valence-electron chi connectivity index (χ4n) is 3.75. The van der Waals surface area contributed by atoms with E-state index in [1.54, 1.807) is 18.3 Å². The second kappa shape index (κ2) is 7.84. The molecule has 0 bridgehead atoms. The van der Waals surface area contributed by atoms with Gasteiger partial charge in [-0.05, 0) is 41.1 Å². The molecule has 28 heavy (non-hydrogen) atoms. The third kappa shape index (κ3) is 3.47. The van der Waals surface area contributed by atoms with Crippen molar-refractivity contribution < 1.29 is 4.79 Å². The average Bonchev–Trinajstić information content (AvgIpc) is 3.00. The van der Waals surface area contributed by atoms with Crippen molar-refractivity contribution in [3.63, 3.8) is 0 Å². The molecule has 3 aromatic rings. The zero-order chi connectivity index (χ0) is 19.7. The summed E-state index contributed by atoms with van der Waals surface area (Å²) in [7, 11) is 0. The van der Waals surface area contributed by atoms with Gasteiger partial charge in [0.1, 0.15) is 0 Å². The second-order valence-corrected chi connectivity index (χ2v) is 7.81. The number of halogens is 1. The number of rotatable bonds is 4. The molecule has 0 radical (unpaired) electrons. The number of ketones is 1. The van der Waals surface area contributed by atoms with Gasteiger partial charge in [0, 0.05) is 48.2 Å². The molecule has 3 heterocycles. The predicted molar refractivity (Wildman–Crippen MR) is 113 cm³/mol. The number of carbonyl (C=O) groups excluding carboxylic acids is 1. The van der Waals surface area contributed by atoms with Crippen LogP contribution in [0.3, 0.4) is 0 Å². The number of hydrogen-bond donors (Lipinski definition) is 1. The lowest BCUT2D eigenvalue weighted by Gasteiger charge is -2.26. The summed E-state index contributed by atoms with van der Waals surface area (Å²) in [6, 6.07) is 9.39. The quantitative estimate of drug-likeness (QED) is 0.498. The molecular formula is C21H20BrN5O. The van der Waals surface area contributed by atoms with Crippen LogP contribution in [-0.4, -0.2) is 53.0 Å². The molecule has 142 valence electrons. The fraction of sp³-hybridized carbons (Fsp3) is 0.286. The first-order valence-corrected chi connectivity index (χ1v) is 9.98. The van der Waals surface area contributed by atoms with Crippen LogP contribution in [0.25, 0.3) is 21.6 Å². The lowest BCUT2D eigenvalue weighted by Crippen LogP contribution is -2.45. The highest BCUT2D eigenvalue weighted by molar-refractivity contribution is 9.10. The van der Waals surface area contributed by atoms with Gasteiger partial charge in [-0.3, -0.25) is 14.7 Å². The number of benzene rings is 1. The smallest absolute Gasteiger partial charge is 0.187 e. The molecule has 7 heteroatoms. The molecule has 1 aliphatic heterocycles. The van der Waals surface area contributed by atoms with E-state index < -0.39 is 0 Å². The first-order valence-electron chi connectivity index (χ1n) is 9.19. The summed E-state index contributed by atoms with van der Waals surface area (Å²) in [6.45, 7) is 13.1. The van der Waals surface area contributed by atoms with Crippen molar-refractivity contribution in [2.45, 2.75) is 6.92 Å². The maximum absolute atomic E-state index is 13.2. The van der Waals surface area contributed by atoms with E-state index in [0.29, 0.717) is 17.8 Å². The van der Waals surface area contributed by atoms with Crippen LogP contribution < -0.4 is 5.32 Å². The number of piperazine rings is 1. The van der Waals surface area contributed by atoms with E-state index in [1.165, 1.54) is 0 Å². The number of nitrogens with zero attached hydrogens (tertiary/aromatic N) is 4. The Balaban J connectivity index is 1.81. The molecule has 0 unspecified atom stereocenters. The van der Waals surface area contributed by atoms with Gasteiger partial charge in [0.05, 0.1) is 29.7 Å². The summed E-state index contributed by atoms with van der Waals surface area (Å²) in [5, 5.41) is 3.31. The van der Waals surface area contributed by atoms with Gasteiger partial charge in [-0.15, -0.1) is 0 Å². The first-order chi connectivity index (χ1) is 13.6. The maximum atomic E-state index is 13.2. The molecule has 6 nitrogen and oxygen atoms in total. The van der Waals surface area contributed by atoms with Crippen LogP contribution in [0.2, 0.25) is 0 Å². The van der Waals surface area contributed by atoms with Crippen molar-refractivity contribution in [2.75, 3.05) is 32.7 Å². The third-order valence-corrected chi connectivity index (χ3v) is 5.54. The van der Waals surface area contributed by atoms with Crippen molar-refractivity contribution in [1.82, 2.24) is 19.8 Å². The summed E-state index contributed by atoms with van der Waals surface area (Å²) in [5.74, 6) is 0.0933. The summed E-state index contributed by atoms with van der Waals surface area (Å²) < 4.78 is 2.91. The van der Waals surface area contributed by atoms with Crippen LogP contribution in [0.1, 0.15) is 16.1 Å². The molecule has 1 saturated heterocycles. The van der Waals surface area contributed by atoms with Crippen LogP contribution in [0.5, 0.6) is 0 Å². The SMILES string of the molecule is [C-]#[N+]c1ccc(-n2c(C)c(C(=O)CN3CCNCC3)c3ncc(Br)cc32)cc1. The Morgan fingerprint density at radius 2 is 2.00 bits per heavy atom. The Morgan fingerprint density at radius 3 is 2.68 bits per heavy atom. The van der Waals surface area contributed by atoms with Crippen LogP contribution in [-0.2, 0) is 0 Å². The highest BCUT2D eigenvalue weighted by atomic mass is 79.9. The Morgan fingerprint density at radius 1 is 1.29 bits per heavy atom. The number of Topliss-reactive ketones (excluding diaryl/α,β-unsaturated/α-hetero) is 1. The molecule has 1 N–H and O–H groups in total. The van der Waals surface area contributed by atoms with Crippen molar-refractivity contribution in [3.8, 4) is 5.69 Å². The molecule has 0 spiro atoms. The average molecular weight is 438 g/mol. The van der Waals surface area contributed by atoms with Crippen LogP contribution in [0.4, 0.5) is 5.69 Å². The van der Waals surface area contributed by atoms with Gasteiger partial charge in [-0.25, -0.2) is 4.85 Å². The lowest BCUT2D eigenvalue weighted by atomic mass is 10.1. The Labute approximate surface area is 172 Å². The van der Waals surface area contributed by atoms with Crippen LogP contribution in [0, 0.1) is 13.5 Å². The number of pyridine rings is 1. The molecule has 0 amide bonds. The van der Waals surface area contributed by atoms with Gasteiger partial charge in [0.25, 0.3) is 0 Å². The normalized spacial score (nSPS) is 14.9. The maximum Gasteiger partial charge on any atom is 0.187 e. The monoisotopic (exact) mass is 437 g/mol. The molecule has 0 atom stereocenters. The van der Waals surface area contributed by atoms with Crippen molar-refractivity contribution in [1.29, 1.82) is 0 Å². The summed E-state index contributed by atoms with van der Waals surface area (Å²) in [4.78, 5) is 23.4. The van der Waals surface area contributed by atoms with E-state index in [-0.39, 0.29) is 5.78 Å². The van der Waals surface area contributed by atoms with Gasteiger partial charge in [-0.2, -0.15) is 0 Å². The predicted octanol–water partition coefficient (Wildman–Crippen LogP) is 3.74. The molecular weight excluding hydrogens is 418 g/mol. The molecule has 2 aromatic heterocycles. The minimum absolute atomic E-state index is 0.0933. The van der Waals surface area contributed by atoms with Crippen LogP contribution in [0.15, 0.2) is 41.0 Å². The number of aromatic nitrogens is 2. The third-order valence-electron chi connectivity index (χ3n) is 5.10. The van der Waals surface area contributed by atoms with Gasteiger partial charge in [0.2, 0.25) is 0 Å². The second-order valence-electron chi connectivity index (χ2n) is 6.89. The highest BCUT2D eigenvalue weighted by Crippen LogP contribution is 2.31. The first kappa shape index (κ1) is 18.8. The zero-order valence-electron chi connectivity index (χ0n) is 15.6. The van der Waals surface area contributed by atoms with Gasteiger partial charge in [-0.1, -0.05) is 12.1 Å². The summed E-state index contributed by atoms with van der Waals surface area (Å²) >= 11 is 3.50. The number of carbonyl (C=O) groups is 1. The van der Waals surface area contributed by atoms with E-state index in [1.807, 2.05) is 29.7 Å². The van der Waals surface area contributed by atoms with Crippen molar-refractivity contribution in [2.24, 2.45) is 0 Å². The Hall–Kier alpha value is -2.53. The summed E-state index contributed by atoms with van der Waals surface area (Å²) in [5.41, 5.74) is 4.65. The van der Waals surface area contributed by atoms with E-state index in [0.717, 1.165) is 53.1 Å². The molecule has 1 aliphatic rings. The van der Waals surface area contributed by atoms with E-state index >= 15 is 0 Å². The number of fused-ring (bicyclic) bond motifs is 1. The van der Waals surface area contributed by atoms with Gasteiger partial charge in [0.15, 0.2) is 11.5 Å². The molecule has 0 saturated carbocycles. The van der Waals surface area contributed by atoms with E-state index in [2.05, 4.69) is 36.0 Å². The molecule has 1 fully saturated rings. The fourth-order valence-corrected chi connectivity index (χ4v) is 4.07. The standard InChI is InChI=1S/C21H20BrN5O/c1-14-20(19(28)13-26-9-7-24-8-10-26)21-18(11-15(22)12-25-21)27(14)17-5-3-16(23-2)4-6-17/h3-6,11-12,24H,7-10,13H2,1H3. The van der Waals surface area contributed by atoms with Gasteiger partial charge >= 0.3 is 0 Å². The van der Waals surface area contributed by atoms with Crippen LogP contribution >= 0.6 is 15.9 Å². The van der Waals surface area contributed by atoms with Crippen molar-refractivity contribution in [3.05, 3.63) is 63.7 Å². The largest absolute Gasteiger partial charge is 0.314 e. The molecule has 1 aromatic carbocycles. The highest BCUT2D eigenvalue weighted by Gasteiger charge is 2.24. The van der Waals surface area contributed by atoms with E-state index in [9.17, 15) is 4.79 Å².